The fraction of sp³-hybridized carbons (Fsp3) is 0.333. The van der Waals surface area contributed by atoms with E-state index in [4.69, 9.17) is 10.00 Å². The molecule has 0 aliphatic carbocycles. The Morgan fingerprint density at radius 1 is 1.32 bits per heavy atom. The zero-order chi connectivity index (χ0) is 13.9. The summed E-state index contributed by atoms with van der Waals surface area (Å²) in [6.45, 7) is 6.30. The molecular weight excluding hydrogens is 238 g/mol. The Hall–Kier alpha value is -2.28. The summed E-state index contributed by atoms with van der Waals surface area (Å²) in [5, 5.41) is 9.10. The van der Waals surface area contributed by atoms with Crippen molar-refractivity contribution in [2.45, 2.75) is 26.2 Å². The SMILES string of the molecule is CCOc1ccc(-c2cnc(C(C)(C)C#N)[nH]2)cc1. The molecule has 0 aliphatic rings. The van der Waals surface area contributed by atoms with Crippen LogP contribution >= 0.6 is 0 Å². The number of hydrogen-bond acceptors (Lipinski definition) is 3. The highest BCUT2D eigenvalue weighted by atomic mass is 16.5. The van der Waals surface area contributed by atoms with Crippen LogP contribution in [0.4, 0.5) is 0 Å². The van der Waals surface area contributed by atoms with Gasteiger partial charge in [0.05, 0.1) is 24.6 Å². The number of aromatic nitrogens is 2. The van der Waals surface area contributed by atoms with Crippen molar-refractivity contribution in [2.75, 3.05) is 6.61 Å². The molecule has 0 spiro atoms. The van der Waals surface area contributed by atoms with Crippen LogP contribution in [0.15, 0.2) is 30.5 Å². The summed E-state index contributed by atoms with van der Waals surface area (Å²) >= 11 is 0. The highest BCUT2D eigenvalue weighted by Gasteiger charge is 2.23. The molecule has 0 bridgehead atoms. The average molecular weight is 255 g/mol. The van der Waals surface area contributed by atoms with Crippen molar-refractivity contribution in [2.24, 2.45) is 0 Å². The van der Waals surface area contributed by atoms with Gasteiger partial charge < -0.3 is 9.72 Å². The number of nitrogens with one attached hydrogen (secondary N) is 1. The van der Waals surface area contributed by atoms with Crippen molar-refractivity contribution >= 4 is 0 Å². The van der Waals surface area contributed by atoms with E-state index in [1.165, 1.54) is 0 Å². The number of nitrogens with zero attached hydrogens (tertiary/aromatic N) is 2. The van der Waals surface area contributed by atoms with Gasteiger partial charge in [0.15, 0.2) is 0 Å². The number of benzene rings is 1. The van der Waals surface area contributed by atoms with Crippen LogP contribution in [0.2, 0.25) is 0 Å². The molecule has 4 heteroatoms. The number of hydrogen-bond donors (Lipinski definition) is 1. The molecule has 2 aromatic rings. The largest absolute Gasteiger partial charge is 0.494 e. The molecule has 4 nitrogen and oxygen atoms in total. The summed E-state index contributed by atoms with van der Waals surface area (Å²) in [5.74, 6) is 1.53. The van der Waals surface area contributed by atoms with Gasteiger partial charge in [-0.2, -0.15) is 5.26 Å². The highest BCUT2D eigenvalue weighted by Crippen LogP contribution is 2.25. The van der Waals surface area contributed by atoms with Crippen LogP contribution in [-0.4, -0.2) is 16.6 Å². The molecule has 2 rings (SSSR count). The number of H-pyrrole nitrogens is 1. The van der Waals surface area contributed by atoms with E-state index < -0.39 is 5.41 Å². The van der Waals surface area contributed by atoms with Gasteiger partial charge in [0, 0.05) is 0 Å². The lowest BCUT2D eigenvalue weighted by atomic mass is 9.95. The molecule has 0 unspecified atom stereocenters. The molecular formula is C15H17N3O. The lowest BCUT2D eigenvalue weighted by Gasteiger charge is -2.10. The smallest absolute Gasteiger partial charge is 0.126 e. The van der Waals surface area contributed by atoms with E-state index in [1.807, 2.05) is 45.0 Å². The van der Waals surface area contributed by atoms with E-state index in [9.17, 15) is 0 Å². The minimum Gasteiger partial charge on any atom is -0.494 e. The maximum absolute atomic E-state index is 9.10. The molecule has 1 N–H and O–H groups in total. The van der Waals surface area contributed by atoms with Gasteiger partial charge in [0.1, 0.15) is 17.0 Å². The first-order chi connectivity index (χ1) is 9.06. The highest BCUT2D eigenvalue weighted by molar-refractivity contribution is 5.59. The fourth-order valence-corrected chi connectivity index (χ4v) is 1.74. The summed E-state index contributed by atoms with van der Waals surface area (Å²) in [5.41, 5.74) is 1.32. The quantitative estimate of drug-likeness (QED) is 0.912. The third kappa shape index (κ3) is 2.76. The standard InChI is InChI=1S/C15H17N3O/c1-4-19-12-7-5-11(6-8-12)13-9-17-14(18-13)15(2,3)10-16/h5-9H,4H2,1-3H3,(H,17,18). The fourth-order valence-electron chi connectivity index (χ4n) is 1.74. The molecule has 1 heterocycles. The van der Waals surface area contributed by atoms with Crippen LogP contribution in [-0.2, 0) is 5.41 Å². The molecule has 1 aromatic carbocycles. The van der Waals surface area contributed by atoms with Gasteiger partial charge in [0.2, 0.25) is 0 Å². The molecule has 0 aliphatic heterocycles. The predicted octanol–water partition coefficient (Wildman–Crippen LogP) is 3.28. The Kier molecular flexibility index (Phi) is 3.57. The van der Waals surface area contributed by atoms with Crippen LogP contribution in [0.5, 0.6) is 5.75 Å². The normalized spacial score (nSPS) is 11.1. The average Bonchev–Trinajstić information content (AvgIpc) is 2.90. The summed E-state index contributed by atoms with van der Waals surface area (Å²) < 4.78 is 5.40. The number of ether oxygens (including phenoxy) is 1. The van der Waals surface area contributed by atoms with Crippen molar-refractivity contribution in [1.82, 2.24) is 9.97 Å². The van der Waals surface area contributed by atoms with E-state index in [0.29, 0.717) is 12.4 Å². The molecule has 98 valence electrons. The van der Waals surface area contributed by atoms with Crippen molar-refractivity contribution in [3.8, 4) is 23.1 Å². The molecule has 0 amide bonds. The number of rotatable bonds is 4. The minimum atomic E-state index is -0.608. The number of imidazole rings is 1. The molecule has 0 fully saturated rings. The van der Waals surface area contributed by atoms with Crippen LogP contribution < -0.4 is 4.74 Å². The van der Waals surface area contributed by atoms with Crippen molar-refractivity contribution in [3.63, 3.8) is 0 Å². The lowest BCUT2D eigenvalue weighted by molar-refractivity contribution is 0.340. The van der Waals surface area contributed by atoms with Gasteiger partial charge in [-0.3, -0.25) is 0 Å². The van der Waals surface area contributed by atoms with Crippen LogP contribution in [0, 0.1) is 11.3 Å². The maximum atomic E-state index is 9.10. The van der Waals surface area contributed by atoms with Crippen molar-refractivity contribution < 1.29 is 4.74 Å². The Morgan fingerprint density at radius 3 is 2.58 bits per heavy atom. The van der Waals surface area contributed by atoms with Gasteiger partial charge >= 0.3 is 0 Å². The first-order valence-electron chi connectivity index (χ1n) is 6.27. The van der Waals surface area contributed by atoms with E-state index in [1.54, 1.807) is 6.20 Å². The minimum absolute atomic E-state index is 0.608. The van der Waals surface area contributed by atoms with Gasteiger partial charge in [-0.1, -0.05) is 0 Å². The van der Waals surface area contributed by atoms with Crippen LogP contribution in [0.3, 0.4) is 0 Å². The molecule has 1 aromatic heterocycles. The second kappa shape index (κ2) is 5.15. The Balaban J connectivity index is 2.26. The molecule has 0 radical (unpaired) electrons. The van der Waals surface area contributed by atoms with Crippen molar-refractivity contribution in [3.05, 3.63) is 36.3 Å². The first-order valence-corrected chi connectivity index (χ1v) is 6.27. The third-order valence-corrected chi connectivity index (χ3v) is 2.92. The summed E-state index contributed by atoms with van der Waals surface area (Å²) in [4.78, 5) is 7.48. The molecule has 0 atom stereocenters. The topological polar surface area (TPSA) is 61.7 Å². The Labute approximate surface area is 113 Å². The van der Waals surface area contributed by atoms with Gasteiger partial charge in [-0.15, -0.1) is 0 Å². The Morgan fingerprint density at radius 2 is 2.00 bits per heavy atom. The van der Waals surface area contributed by atoms with E-state index in [-0.39, 0.29) is 0 Å². The van der Waals surface area contributed by atoms with Gasteiger partial charge in [-0.25, -0.2) is 4.98 Å². The number of nitriles is 1. The zero-order valence-electron chi connectivity index (χ0n) is 11.4. The third-order valence-electron chi connectivity index (χ3n) is 2.92. The second-order valence-corrected chi connectivity index (χ2v) is 4.84. The predicted molar refractivity (Wildman–Crippen MR) is 73.8 cm³/mol. The monoisotopic (exact) mass is 255 g/mol. The van der Waals surface area contributed by atoms with Gasteiger partial charge in [-0.05, 0) is 50.6 Å². The van der Waals surface area contributed by atoms with Crippen molar-refractivity contribution in [1.29, 1.82) is 5.26 Å². The first kappa shape index (κ1) is 13.2. The second-order valence-electron chi connectivity index (χ2n) is 4.84. The maximum Gasteiger partial charge on any atom is 0.126 e. The van der Waals surface area contributed by atoms with E-state index in [0.717, 1.165) is 17.0 Å². The van der Waals surface area contributed by atoms with E-state index in [2.05, 4.69) is 16.0 Å². The number of aromatic amines is 1. The Bertz CT molecular complexity index is 591. The van der Waals surface area contributed by atoms with Gasteiger partial charge in [0.25, 0.3) is 0 Å². The van der Waals surface area contributed by atoms with E-state index >= 15 is 0 Å². The van der Waals surface area contributed by atoms with Crippen LogP contribution in [0.1, 0.15) is 26.6 Å². The summed E-state index contributed by atoms with van der Waals surface area (Å²) in [6, 6.07) is 10.0. The zero-order valence-corrected chi connectivity index (χ0v) is 11.4. The molecule has 0 saturated heterocycles. The molecule has 19 heavy (non-hydrogen) atoms. The lowest BCUT2D eigenvalue weighted by Crippen LogP contribution is -2.15. The molecule has 0 saturated carbocycles. The van der Waals surface area contributed by atoms with Crippen LogP contribution in [0.25, 0.3) is 11.3 Å². The summed E-state index contributed by atoms with van der Waals surface area (Å²) in [7, 11) is 0. The summed E-state index contributed by atoms with van der Waals surface area (Å²) in [6.07, 6.45) is 1.75.